The fourth-order valence-corrected chi connectivity index (χ4v) is 4.17. The minimum absolute atomic E-state index is 0.00421. The van der Waals surface area contributed by atoms with Crippen molar-refractivity contribution in [1.82, 2.24) is 4.40 Å². The van der Waals surface area contributed by atoms with E-state index in [0.717, 1.165) is 48.4 Å². The Morgan fingerprint density at radius 2 is 2.09 bits per heavy atom. The first-order valence-electron chi connectivity index (χ1n) is 8.75. The standard InChI is InChI=1S/C20H23NO2/c1-3-4-6-15-19(22)14-8-5-7-13-16-11-12(2)9-10-17(16)21(18(13)14)20(15)23/h5,7-8,12,22H,3-4,6,9-11H2,1-2H3. The smallest absolute Gasteiger partial charge is 0.262 e. The van der Waals surface area contributed by atoms with E-state index in [0.29, 0.717) is 17.9 Å². The van der Waals surface area contributed by atoms with Crippen LogP contribution in [0.3, 0.4) is 0 Å². The van der Waals surface area contributed by atoms with E-state index in [1.807, 2.05) is 16.5 Å². The Morgan fingerprint density at radius 1 is 1.30 bits per heavy atom. The number of rotatable bonds is 3. The van der Waals surface area contributed by atoms with Gasteiger partial charge in [0, 0.05) is 16.5 Å². The first-order chi connectivity index (χ1) is 11.1. The van der Waals surface area contributed by atoms with E-state index < -0.39 is 0 Å². The number of aromatic nitrogens is 1. The van der Waals surface area contributed by atoms with Gasteiger partial charge in [0.25, 0.3) is 5.56 Å². The summed E-state index contributed by atoms with van der Waals surface area (Å²) in [5.41, 5.74) is 4.00. The van der Waals surface area contributed by atoms with Crippen LogP contribution in [-0.4, -0.2) is 9.51 Å². The molecule has 0 saturated heterocycles. The van der Waals surface area contributed by atoms with Gasteiger partial charge in [0.05, 0.1) is 11.1 Å². The van der Waals surface area contributed by atoms with E-state index in [9.17, 15) is 9.90 Å². The molecule has 0 amide bonds. The summed E-state index contributed by atoms with van der Waals surface area (Å²) in [6.07, 6.45) is 5.71. The summed E-state index contributed by atoms with van der Waals surface area (Å²) >= 11 is 0. The number of pyridine rings is 1. The minimum Gasteiger partial charge on any atom is -0.507 e. The first kappa shape index (κ1) is 14.6. The molecule has 4 rings (SSSR count). The van der Waals surface area contributed by atoms with Crippen LogP contribution in [0.5, 0.6) is 5.75 Å². The van der Waals surface area contributed by atoms with Gasteiger partial charge in [0.15, 0.2) is 0 Å². The highest BCUT2D eigenvalue weighted by Gasteiger charge is 2.26. The minimum atomic E-state index is -0.00421. The lowest BCUT2D eigenvalue weighted by atomic mass is 9.88. The van der Waals surface area contributed by atoms with E-state index in [4.69, 9.17) is 0 Å². The van der Waals surface area contributed by atoms with Gasteiger partial charge < -0.3 is 5.11 Å². The molecular weight excluding hydrogens is 286 g/mol. The predicted octanol–water partition coefficient (Wildman–Crippen LogP) is 4.06. The lowest BCUT2D eigenvalue weighted by Gasteiger charge is -2.19. The van der Waals surface area contributed by atoms with Crippen LogP contribution < -0.4 is 5.56 Å². The second kappa shape index (κ2) is 5.26. The zero-order chi connectivity index (χ0) is 16.1. The number of para-hydroxylation sites is 1. The number of aromatic hydroxyl groups is 1. The third-order valence-corrected chi connectivity index (χ3v) is 5.41. The molecular formula is C20H23NO2. The van der Waals surface area contributed by atoms with Crippen LogP contribution in [-0.2, 0) is 19.3 Å². The summed E-state index contributed by atoms with van der Waals surface area (Å²) in [5, 5.41) is 12.7. The van der Waals surface area contributed by atoms with Gasteiger partial charge in [-0.1, -0.05) is 32.4 Å². The summed E-state index contributed by atoms with van der Waals surface area (Å²) < 4.78 is 1.91. The van der Waals surface area contributed by atoms with Crippen LogP contribution in [0.1, 0.15) is 49.9 Å². The fourth-order valence-electron chi connectivity index (χ4n) is 4.17. The van der Waals surface area contributed by atoms with Gasteiger partial charge in [0.1, 0.15) is 5.75 Å². The Labute approximate surface area is 135 Å². The molecule has 23 heavy (non-hydrogen) atoms. The number of unbranched alkanes of at least 4 members (excludes halogenated alkanes) is 1. The van der Waals surface area contributed by atoms with Crippen LogP contribution >= 0.6 is 0 Å². The lowest BCUT2D eigenvalue weighted by molar-refractivity contribution is 0.470. The van der Waals surface area contributed by atoms with Gasteiger partial charge in [-0.3, -0.25) is 9.20 Å². The fraction of sp³-hybridized carbons (Fsp3) is 0.450. The van der Waals surface area contributed by atoms with Gasteiger partial charge in [0.2, 0.25) is 0 Å². The van der Waals surface area contributed by atoms with E-state index in [2.05, 4.69) is 19.9 Å². The molecule has 2 heterocycles. The summed E-state index contributed by atoms with van der Waals surface area (Å²) in [6, 6.07) is 6.05. The second-order valence-corrected chi connectivity index (χ2v) is 7.05. The van der Waals surface area contributed by atoms with Crippen molar-refractivity contribution in [3.05, 3.63) is 45.4 Å². The van der Waals surface area contributed by atoms with E-state index in [1.54, 1.807) is 0 Å². The third-order valence-electron chi connectivity index (χ3n) is 5.41. The van der Waals surface area contributed by atoms with Gasteiger partial charge in [-0.15, -0.1) is 0 Å². The van der Waals surface area contributed by atoms with Gasteiger partial charge in [-0.2, -0.15) is 0 Å². The Kier molecular flexibility index (Phi) is 3.33. The monoisotopic (exact) mass is 309 g/mol. The zero-order valence-electron chi connectivity index (χ0n) is 13.9. The lowest BCUT2D eigenvalue weighted by Crippen LogP contribution is -2.22. The van der Waals surface area contributed by atoms with Crippen LogP contribution in [0.15, 0.2) is 23.0 Å². The number of fused-ring (bicyclic) bond motifs is 3. The Hall–Kier alpha value is -2.03. The molecule has 1 aliphatic carbocycles. The molecule has 0 aliphatic heterocycles. The molecule has 1 unspecified atom stereocenters. The van der Waals surface area contributed by atoms with Crippen LogP contribution in [0.4, 0.5) is 0 Å². The predicted molar refractivity (Wildman–Crippen MR) is 93.8 cm³/mol. The molecule has 0 bridgehead atoms. The molecule has 0 saturated carbocycles. The summed E-state index contributed by atoms with van der Waals surface area (Å²) in [5.74, 6) is 0.853. The molecule has 120 valence electrons. The molecule has 2 aromatic heterocycles. The van der Waals surface area contributed by atoms with Gasteiger partial charge >= 0.3 is 0 Å². The Bertz CT molecular complexity index is 938. The molecule has 1 aromatic carbocycles. The number of nitrogens with zero attached hydrogens (tertiary/aromatic N) is 1. The quantitative estimate of drug-likeness (QED) is 0.792. The summed E-state index contributed by atoms with van der Waals surface area (Å²) in [7, 11) is 0. The van der Waals surface area contributed by atoms with E-state index in [-0.39, 0.29) is 11.3 Å². The maximum atomic E-state index is 13.1. The number of benzene rings is 1. The van der Waals surface area contributed by atoms with E-state index in [1.165, 1.54) is 11.3 Å². The van der Waals surface area contributed by atoms with Gasteiger partial charge in [-0.25, -0.2) is 0 Å². The second-order valence-electron chi connectivity index (χ2n) is 7.05. The SMILES string of the molecule is CCCCc1c(O)c2cccc3c4c(n(c1=O)c23)CCC(C)C4. The van der Waals surface area contributed by atoms with Crippen molar-refractivity contribution in [3.63, 3.8) is 0 Å². The molecule has 1 N–H and O–H groups in total. The molecule has 3 heteroatoms. The molecule has 3 aromatic rings. The highest BCUT2D eigenvalue weighted by Crippen LogP contribution is 2.38. The van der Waals surface area contributed by atoms with Crippen molar-refractivity contribution >= 4 is 16.3 Å². The highest BCUT2D eigenvalue weighted by atomic mass is 16.3. The largest absolute Gasteiger partial charge is 0.507 e. The first-order valence-corrected chi connectivity index (χ1v) is 8.75. The van der Waals surface area contributed by atoms with Crippen molar-refractivity contribution in [2.45, 2.75) is 52.4 Å². The normalized spacial score (nSPS) is 17.9. The summed E-state index contributed by atoms with van der Waals surface area (Å²) in [4.78, 5) is 13.1. The van der Waals surface area contributed by atoms with Crippen molar-refractivity contribution in [2.75, 3.05) is 0 Å². The van der Waals surface area contributed by atoms with E-state index >= 15 is 0 Å². The zero-order valence-corrected chi connectivity index (χ0v) is 13.9. The van der Waals surface area contributed by atoms with Gasteiger partial charge in [-0.05, 0) is 49.7 Å². The molecule has 0 spiro atoms. The number of hydrogen-bond donors (Lipinski definition) is 1. The van der Waals surface area contributed by atoms with Crippen LogP contribution in [0.2, 0.25) is 0 Å². The summed E-state index contributed by atoms with van der Waals surface area (Å²) in [6.45, 7) is 4.38. The van der Waals surface area contributed by atoms with Crippen LogP contribution in [0.25, 0.3) is 16.3 Å². The van der Waals surface area contributed by atoms with Crippen molar-refractivity contribution in [2.24, 2.45) is 5.92 Å². The Morgan fingerprint density at radius 3 is 2.87 bits per heavy atom. The molecule has 1 atom stereocenters. The average Bonchev–Trinajstić information content (AvgIpc) is 2.87. The topological polar surface area (TPSA) is 41.7 Å². The Balaban J connectivity index is 2.12. The van der Waals surface area contributed by atoms with Crippen LogP contribution in [0, 0.1) is 5.92 Å². The molecule has 0 fully saturated rings. The van der Waals surface area contributed by atoms with Crippen molar-refractivity contribution in [1.29, 1.82) is 0 Å². The third kappa shape index (κ3) is 1.99. The molecule has 0 radical (unpaired) electrons. The van der Waals surface area contributed by atoms with Crippen molar-refractivity contribution < 1.29 is 5.11 Å². The highest BCUT2D eigenvalue weighted by molar-refractivity contribution is 6.02. The molecule has 3 nitrogen and oxygen atoms in total. The number of aryl methyl sites for hydroxylation is 1. The maximum absolute atomic E-state index is 13.1. The number of hydrogen-bond acceptors (Lipinski definition) is 2. The average molecular weight is 309 g/mol. The van der Waals surface area contributed by atoms with Crippen molar-refractivity contribution in [3.8, 4) is 5.75 Å². The maximum Gasteiger partial charge on any atom is 0.262 e. The molecule has 1 aliphatic rings.